The molecule has 0 radical (unpaired) electrons. The fourth-order valence-electron chi connectivity index (χ4n) is 4.22. The standard InChI is InChI=1S/C15H27NO2/c17-15-7-9-18-11-13(15)10-16-8-3-5-12-4-1-2-6-14(12)16/h12-15,17H,1-11H2. The largest absolute Gasteiger partial charge is 0.393 e. The fraction of sp³-hybridized carbons (Fsp3) is 1.00. The highest BCUT2D eigenvalue weighted by molar-refractivity contribution is 4.89. The normalized spacial score (nSPS) is 42.5. The van der Waals surface area contributed by atoms with Gasteiger partial charge < -0.3 is 9.84 Å². The van der Waals surface area contributed by atoms with Crippen molar-refractivity contribution in [3.8, 4) is 0 Å². The molecule has 0 aromatic rings. The Hall–Kier alpha value is -0.120. The molecule has 104 valence electrons. The zero-order chi connectivity index (χ0) is 12.4. The maximum atomic E-state index is 10.1. The summed E-state index contributed by atoms with van der Waals surface area (Å²) in [5, 5.41) is 10.1. The third-order valence-corrected chi connectivity index (χ3v) is 5.26. The van der Waals surface area contributed by atoms with Crippen LogP contribution in [0.15, 0.2) is 0 Å². The first-order chi connectivity index (χ1) is 8.84. The van der Waals surface area contributed by atoms with Crippen LogP contribution < -0.4 is 0 Å². The van der Waals surface area contributed by atoms with E-state index in [1.165, 1.54) is 45.1 Å². The summed E-state index contributed by atoms with van der Waals surface area (Å²) in [5.41, 5.74) is 0. The number of likely N-dealkylation sites (tertiary alicyclic amines) is 1. The molecule has 3 rings (SSSR count). The minimum Gasteiger partial charge on any atom is -0.393 e. The molecular formula is C15H27NO2. The van der Waals surface area contributed by atoms with Crippen molar-refractivity contribution in [3.05, 3.63) is 0 Å². The summed E-state index contributed by atoms with van der Waals surface area (Å²) in [6.45, 7) is 3.80. The van der Waals surface area contributed by atoms with E-state index in [1.807, 2.05) is 0 Å². The maximum Gasteiger partial charge on any atom is 0.0624 e. The predicted molar refractivity (Wildman–Crippen MR) is 71.5 cm³/mol. The van der Waals surface area contributed by atoms with Gasteiger partial charge in [0.1, 0.15) is 0 Å². The molecule has 3 nitrogen and oxygen atoms in total. The Bertz CT molecular complexity index is 269. The SMILES string of the molecule is OC1CCOCC1CN1CCCC2CCCCC21. The first-order valence-corrected chi connectivity index (χ1v) is 7.84. The summed E-state index contributed by atoms with van der Waals surface area (Å²) in [6, 6.07) is 0.807. The lowest BCUT2D eigenvalue weighted by molar-refractivity contribution is -0.0605. The van der Waals surface area contributed by atoms with E-state index in [9.17, 15) is 5.11 Å². The van der Waals surface area contributed by atoms with Crippen molar-refractivity contribution >= 4 is 0 Å². The van der Waals surface area contributed by atoms with E-state index in [-0.39, 0.29) is 6.10 Å². The van der Waals surface area contributed by atoms with E-state index >= 15 is 0 Å². The molecule has 0 spiro atoms. The van der Waals surface area contributed by atoms with Gasteiger partial charge in [-0.25, -0.2) is 0 Å². The van der Waals surface area contributed by atoms with Crippen molar-refractivity contribution in [1.82, 2.24) is 4.90 Å². The van der Waals surface area contributed by atoms with Crippen LogP contribution in [0.1, 0.15) is 44.9 Å². The zero-order valence-electron chi connectivity index (χ0n) is 11.4. The van der Waals surface area contributed by atoms with E-state index in [1.54, 1.807) is 0 Å². The van der Waals surface area contributed by atoms with Crippen LogP contribution in [0.2, 0.25) is 0 Å². The Morgan fingerprint density at radius 1 is 1.06 bits per heavy atom. The van der Waals surface area contributed by atoms with Gasteiger partial charge in [-0.15, -0.1) is 0 Å². The van der Waals surface area contributed by atoms with Crippen molar-refractivity contribution < 1.29 is 9.84 Å². The Kier molecular flexibility index (Phi) is 4.22. The lowest BCUT2D eigenvalue weighted by Gasteiger charge is -2.46. The molecular weight excluding hydrogens is 226 g/mol. The van der Waals surface area contributed by atoms with Crippen molar-refractivity contribution in [1.29, 1.82) is 0 Å². The number of piperidine rings is 1. The highest BCUT2D eigenvalue weighted by Crippen LogP contribution is 2.36. The maximum absolute atomic E-state index is 10.1. The van der Waals surface area contributed by atoms with E-state index in [2.05, 4.69) is 4.90 Å². The van der Waals surface area contributed by atoms with Crippen molar-refractivity contribution in [2.75, 3.05) is 26.3 Å². The van der Waals surface area contributed by atoms with Gasteiger partial charge in [-0.3, -0.25) is 4.90 Å². The zero-order valence-corrected chi connectivity index (χ0v) is 11.4. The molecule has 0 aromatic heterocycles. The molecule has 3 fully saturated rings. The van der Waals surface area contributed by atoms with Crippen LogP contribution in [0.4, 0.5) is 0 Å². The van der Waals surface area contributed by atoms with Gasteiger partial charge in [-0.05, 0) is 44.6 Å². The van der Waals surface area contributed by atoms with Gasteiger partial charge in [0.15, 0.2) is 0 Å². The third-order valence-electron chi connectivity index (χ3n) is 5.26. The Morgan fingerprint density at radius 3 is 2.78 bits per heavy atom. The van der Waals surface area contributed by atoms with Crippen LogP contribution in [-0.4, -0.2) is 48.5 Å². The lowest BCUT2D eigenvalue weighted by atomic mass is 9.78. The quantitative estimate of drug-likeness (QED) is 0.817. The monoisotopic (exact) mass is 253 g/mol. The molecule has 4 unspecified atom stereocenters. The predicted octanol–water partition coefficient (Wildman–Crippen LogP) is 2.04. The summed E-state index contributed by atoms with van der Waals surface area (Å²) in [6.07, 6.45) is 9.13. The fourth-order valence-corrected chi connectivity index (χ4v) is 4.22. The molecule has 4 atom stereocenters. The minimum atomic E-state index is -0.136. The molecule has 1 saturated carbocycles. The molecule has 1 N–H and O–H groups in total. The smallest absolute Gasteiger partial charge is 0.0624 e. The van der Waals surface area contributed by atoms with Crippen LogP contribution in [0, 0.1) is 11.8 Å². The summed E-state index contributed by atoms with van der Waals surface area (Å²) in [7, 11) is 0. The number of aliphatic hydroxyl groups excluding tert-OH is 1. The van der Waals surface area contributed by atoms with Crippen molar-refractivity contribution in [2.24, 2.45) is 11.8 Å². The van der Waals surface area contributed by atoms with E-state index < -0.39 is 0 Å². The number of hydrogen-bond donors (Lipinski definition) is 1. The van der Waals surface area contributed by atoms with E-state index in [4.69, 9.17) is 4.74 Å². The minimum absolute atomic E-state index is 0.136. The lowest BCUT2D eigenvalue weighted by Crippen LogP contribution is -2.51. The second-order valence-electron chi connectivity index (χ2n) is 6.44. The van der Waals surface area contributed by atoms with Crippen LogP contribution in [0.5, 0.6) is 0 Å². The number of nitrogens with zero attached hydrogens (tertiary/aromatic N) is 1. The topological polar surface area (TPSA) is 32.7 Å². The first kappa shape index (κ1) is 12.9. The van der Waals surface area contributed by atoms with E-state index in [0.29, 0.717) is 5.92 Å². The Balaban J connectivity index is 1.60. The summed E-state index contributed by atoms with van der Waals surface area (Å²) >= 11 is 0. The molecule has 0 aromatic carbocycles. The average molecular weight is 253 g/mol. The van der Waals surface area contributed by atoms with Gasteiger partial charge in [0.2, 0.25) is 0 Å². The van der Waals surface area contributed by atoms with Gasteiger partial charge in [0, 0.05) is 25.1 Å². The molecule has 0 bridgehead atoms. The summed E-state index contributed by atoms with van der Waals surface area (Å²) in [5.74, 6) is 1.29. The van der Waals surface area contributed by atoms with Gasteiger partial charge in [-0.2, -0.15) is 0 Å². The highest BCUT2D eigenvalue weighted by Gasteiger charge is 2.35. The third kappa shape index (κ3) is 2.73. The van der Waals surface area contributed by atoms with Crippen LogP contribution >= 0.6 is 0 Å². The average Bonchev–Trinajstić information content (AvgIpc) is 2.42. The number of ether oxygens (including phenoxy) is 1. The van der Waals surface area contributed by atoms with Crippen LogP contribution in [0.25, 0.3) is 0 Å². The molecule has 18 heavy (non-hydrogen) atoms. The molecule has 3 aliphatic rings. The molecule has 1 aliphatic carbocycles. The molecule has 3 heteroatoms. The number of aliphatic hydroxyl groups is 1. The number of rotatable bonds is 2. The molecule has 2 aliphatic heterocycles. The summed E-state index contributed by atoms with van der Waals surface area (Å²) in [4.78, 5) is 2.68. The van der Waals surface area contributed by atoms with Gasteiger partial charge in [-0.1, -0.05) is 12.8 Å². The number of fused-ring (bicyclic) bond motifs is 1. The Morgan fingerprint density at radius 2 is 1.89 bits per heavy atom. The van der Waals surface area contributed by atoms with Crippen molar-refractivity contribution in [2.45, 2.75) is 57.1 Å². The summed E-state index contributed by atoms with van der Waals surface area (Å²) < 4.78 is 5.54. The van der Waals surface area contributed by atoms with Crippen molar-refractivity contribution in [3.63, 3.8) is 0 Å². The van der Waals surface area contributed by atoms with Gasteiger partial charge in [0.25, 0.3) is 0 Å². The second-order valence-corrected chi connectivity index (χ2v) is 6.44. The van der Waals surface area contributed by atoms with Crippen LogP contribution in [-0.2, 0) is 4.74 Å². The van der Waals surface area contributed by atoms with Gasteiger partial charge in [0.05, 0.1) is 12.7 Å². The number of hydrogen-bond acceptors (Lipinski definition) is 3. The Labute approximate surface area is 110 Å². The second kappa shape index (κ2) is 5.89. The van der Waals surface area contributed by atoms with Crippen LogP contribution in [0.3, 0.4) is 0 Å². The van der Waals surface area contributed by atoms with Gasteiger partial charge >= 0.3 is 0 Å². The highest BCUT2D eigenvalue weighted by atomic mass is 16.5. The molecule has 2 heterocycles. The van der Waals surface area contributed by atoms with E-state index in [0.717, 1.165) is 38.1 Å². The molecule has 0 amide bonds. The first-order valence-electron chi connectivity index (χ1n) is 7.84. The molecule has 2 saturated heterocycles.